The van der Waals surface area contributed by atoms with Gasteiger partial charge < -0.3 is 29.3 Å². The first kappa shape index (κ1) is 35.8. The Morgan fingerprint density at radius 3 is 2.24 bits per heavy atom. The number of hydrogen-bond donors (Lipinski definition) is 1. The Labute approximate surface area is 282 Å². The molecular formula is C33H42F4N8O4. The molecule has 12 nitrogen and oxygen atoms in total. The number of aromatic nitrogens is 4. The maximum atomic E-state index is 14.8. The first-order valence-corrected chi connectivity index (χ1v) is 16.3. The zero-order chi connectivity index (χ0) is 35.5. The van der Waals surface area contributed by atoms with Gasteiger partial charge in [0, 0.05) is 69.9 Å². The van der Waals surface area contributed by atoms with Gasteiger partial charge in [0.05, 0.1) is 11.6 Å². The summed E-state index contributed by atoms with van der Waals surface area (Å²) < 4.78 is 65.6. The van der Waals surface area contributed by atoms with Crippen LogP contribution >= 0.6 is 0 Å². The molecule has 1 saturated carbocycles. The molecule has 4 heterocycles. The lowest BCUT2D eigenvalue weighted by atomic mass is 9.99. The monoisotopic (exact) mass is 690 g/mol. The predicted octanol–water partition coefficient (Wildman–Crippen LogP) is 5.86. The lowest BCUT2D eigenvalue weighted by Crippen LogP contribution is -2.48. The number of nitrogens with zero attached hydrogens (tertiary/aromatic N) is 7. The minimum atomic E-state index is -3.23. The predicted molar refractivity (Wildman–Crippen MR) is 172 cm³/mol. The summed E-state index contributed by atoms with van der Waals surface area (Å²) in [5.41, 5.74) is -0.421. The van der Waals surface area contributed by atoms with E-state index in [2.05, 4.69) is 32.0 Å². The van der Waals surface area contributed by atoms with Gasteiger partial charge in [0.2, 0.25) is 5.95 Å². The van der Waals surface area contributed by atoms with Gasteiger partial charge >= 0.3 is 12.0 Å². The van der Waals surface area contributed by atoms with E-state index in [-0.39, 0.29) is 43.4 Å². The molecule has 2 aliphatic heterocycles. The summed E-state index contributed by atoms with van der Waals surface area (Å²) in [4.78, 5) is 44.6. The number of anilines is 2. The molecule has 0 aromatic carbocycles. The average Bonchev–Trinajstić information content (AvgIpc) is 3.59. The maximum Gasteiger partial charge on any atom is 0.407 e. The molecule has 3 aliphatic rings. The lowest BCUT2D eigenvalue weighted by Gasteiger charge is -2.38. The van der Waals surface area contributed by atoms with Crippen molar-refractivity contribution in [2.75, 3.05) is 36.0 Å². The van der Waals surface area contributed by atoms with E-state index in [0.717, 1.165) is 31.1 Å². The fourth-order valence-corrected chi connectivity index (χ4v) is 6.01. The Morgan fingerprint density at radius 1 is 1.02 bits per heavy atom. The van der Waals surface area contributed by atoms with E-state index in [0.29, 0.717) is 44.4 Å². The molecule has 2 aromatic heterocycles. The van der Waals surface area contributed by atoms with Crippen molar-refractivity contribution in [2.45, 2.75) is 89.4 Å². The van der Waals surface area contributed by atoms with Crippen LogP contribution in [0.25, 0.3) is 0 Å². The summed E-state index contributed by atoms with van der Waals surface area (Å²) in [5.74, 6) is -5.42. The third-order valence-corrected chi connectivity index (χ3v) is 8.49. The number of ether oxygens (including phenoxy) is 1. The van der Waals surface area contributed by atoms with Gasteiger partial charge in [0.15, 0.2) is 0 Å². The van der Waals surface area contributed by atoms with Crippen molar-refractivity contribution in [1.29, 1.82) is 0 Å². The first-order valence-electron chi connectivity index (χ1n) is 16.3. The van der Waals surface area contributed by atoms with Crippen molar-refractivity contribution >= 4 is 23.9 Å². The molecule has 1 aliphatic carbocycles. The highest BCUT2D eigenvalue weighted by atomic mass is 19.3. The molecule has 0 radical (unpaired) electrons. The number of halogens is 4. The Hall–Kier alpha value is -4.50. The second-order valence-corrected chi connectivity index (χ2v) is 13.7. The third-order valence-electron chi connectivity index (χ3n) is 8.49. The largest absolute Gasteiger partial charge is 0.444 e. The van der Waals surface area contributed by atoms with Gasteiger partial charge in [-0.3, -0.25) is 4.79 Å². The number of allylic oxidation sites excluding steroid dienone is 5. The van der Waals surface area contributed by atoms with Crippen LogP contribution in [0.2, 0.25) is 0 Å². The third kappa shape index (κ3) is 9.35. The van der Waals surface area contributed by atoms with Gasteiger partial charge in [-0.2, -0.15) is 13.8 Å². The molecule has 16 heteroatoms. The Kier molecular flexibility index (Phi) is 10.6. The number of alkyl carbamates (subject to hydrolysis) is 1. The zero-order valence-electron chi connectivity index (χ0n) is 28.0. The highest BCUT2D eigenvalue weighted by Gasteiger charge is 2.41. The van der Waals surface area contributed by atoms with Gasteiger partial charge in [0.25, 0.3) is 17.7 Å². The Morgan fingerprint density at radius 2 is 1.67 bits per heavy atom. The van der Waals surface area contributed by atoms with Gasteiger partial charge in [0.1, 0.15) is 17.3 Å². The molecular weight excluding hydrogens is 648 g/mol. The van der Waals surface area contributed by atoms with E-state index in [1.807, 2.05) is 4.90 Å². The van der Waals surface area contributed by atoms with Crippen molar-refractivity contribution in [3.63, 3.8) is 0 Å². The van der Waals surface area contributed by atoms with Gasteiger partial charge in [-0.05, 0) is 69.8 Å². The number of piperidine rings is 1. The maximum absolute atomic E-state index is 14.8. The number of hydrogen-bond acceptors (Lipinski definition) is 10. The summed E-state index contributed by atoms with van der Waals surface area (Å²) in [5, 5.41) is 6.53. The molecule has 0 bridgehead atoms. The smallest absolute Gasteiger partial charge is 0.407 e. The lowest BCUT2D eigenvalue weighted by molar-refractivity contribution is -0.0158. The fraction of sp³-hybridized carbons (Fsp3) is 0.576. The van der Waals surface area contributed by atoms with Gasteiger partial charge in [-0.15, -0.1) is 0 Å². The average molecular weight is 691 g/mol. The molecule has 2 aromatic rings. The molecule has 49 heavy (non-hydrogen) atoms. The van der Waals surface area contributed by atoms with Crippen LogP contribution in [0.5, 0.6) is 0 Å². The number of rotatable bonds is 11. The van der Waals surface area contributed by atoms with E-state index in [4.69, 9.17) is 9.26 Å². The molecule has 1 unspecified atom stereocenters. The summed E-state index contributed by atoms with van der Waals surface area (Å²) in [6.07, 6.45) is 8.14. The number of carbonyl (C=O) groups is 2. The van der Waals surface area contributed by atoms with Gasteiger partial charge in [-0.1, -0.05) is 6.58 Å². The zero-order valence-corrected chi connectivity index (χ0v) is 28.0. The molecule has 5 rings (SSSR count). The normalized spacial score (nSPS) is 21.1. The highest BCUT2D eigenvalue weighted by Crippen LogP contribution is 2.35. The number of alkyl halides is 2. The fourth-order valence-electron chi connectivity index (χ4n) is 6.01. The standard InChI is InChI=1S/C33H42F4N8O4/c1-6-22(34)7-8-23(35)15-20-18-44(19-26(20)40-31(47)48-32(2,3)4)29-38-16-21(17-39-29)27(46)45(24-9-10-24)25-11-13-43(14-12-25)30-41-28(49-42-30)33(5,36)37/h6-8,16-17,20,24-26H,1,9-15,18-19H2,2-5H3,(H,40,47)/b22-7+,23-8+/t20?,26-/m0/s1. The van der Waals surface area contributed by atoms with Crippen molar-refractivity contribution in [2.24, 2.45) is 5.92 Å². The van der Waals surface area contributed by atoms with Crippen LogP contribution < -0.4 is 15.1 Å². The first-order chi connectivity index (χ1) is 23.1. The molecule has 0 spiro atoms. The quantitative estimate of drug-likeness (QED) is 0.226. The number of nitrogens with one attached hydrogen (secondary N) is 1. The SMILES string of the molecule is C=C/C(F)=C\C=C(\F)CC1CN(c2ncc(C(=O)N(C3CC3)C3CCN(c4noc(C(C)(F)F)n4)CC3)cn2)C[C@@H]1NC(=O)OC(C)(C)C. The molecule has 3 fully saturated rings. The van der Waals surface area contributed by atoms with E-state index < -0.39 is 47.1 Å². The van der Waals surface area contributed by atoms with Gasteiger partial charge in [-0.25, -0.2) is 23.5 Å². The molecule has 266 valence electrons. The number of amides is 2. The molecule has 2 saturated heterocycles. The van der Waals surface area contributed by atoms with Crippen LogP contribution in [0.15, 0.2) is 53.4 Å². The Balaban J connectivity index is 1.24. The van der Waals surface area contributed by atoms with Crippen LogP contribution in [-0.2, 0) is 10.7 Å². The van der Waals surface area contributed by atoms with Crippen LogP contribution in [-0.4, -0.2) is 86.9 Å². The van der Waals surface area contributed by atoms with Crippen molar-refractivity contribution in [1.82, 2.24) is 30.3 Å². The minimum absolute atomic E-state index is 0.0771. The summed E-state index contributed by atoms with van der Waals surface area (Å²) >= 11 is 0. The van der Waals surface area contributed by atoms with Crippen LogP contribution in [0.1, 0.15) is 76.0 Å². The minimum Gasteiger partial charge on any atom is -0.444 e. The van der Waals surface area contributed by atoms with E-state index in [1.165, 1.54) is 12.4 Å². The molecule has 1 N–H and O–H groups in total. The molecule has 2 amide bonds. The Bertz CT molecular complexity index is 1560. The van der Waals surface area contributed by atoms with Crippen molar-refractivity contribution < 1.29 is 36.4 Å². The topological polar surface area (TPSA) is 130 Å². The number of carbonyl (C=O) groups excluding carboxylic acids is 2. The summed E-state index contributed by atoms with van der Waals surface area (Å²) in [6, 6.07) is -0.511. The second kappa shape index (κ2) is 14.5. The summed E-state index contributed by atoms with van der Waals surface area (Å²) in [7, 11) is 0. The van der Waals surface area contributed by atoms with E-state index in [1.54, 1.807) is 30.6 Å². The van der Waals surface area contributed by atoms with Crippen LogP contribution in [0.4, 0.5) is 34.3 Å². The molecule has 2 atom stereocenters. The second-order valence-electron chi connectivity index (χ2n) is 13.7. The van der Waals surface area contributed by atoms with E-state index in [9.17, 15) is 27.2 Å². The summed E-state index contributed by atoms with van der Waals surface area (Å²) in [6.45, 7) is 10.7. The van der Waals surface area contributed by atoms with Crippen molar-refractivity contribution in [3.05, 3.63) is 60.3 Å². The van der Waals surface area contributed by atoms with Crippen LogP contribution in [0.3, 0.4) is 0 Å². The van der Waals surface area contributed by atoms with Crippen LogP contribution in [0, 0.1) is 5.92 Å². The highest BCUT2D eigenvalue weighted by molar-refractivity contribution is 5.94. The van der Waals surface area contributed by atoms with E-state index >= 15 is 0 Å². The van der Waals surface area contributed by atoms with Crippen molar-refractivity contribution in [3.8, 4) is 0 Å².